The molecular weight excluding hydrogens is 595 g/mol. The summed E-state index contributed by atoms with van der Waals surface area (Å²) in [4.78, 5) is 26.2. The average molecular weight is 644 g/mol. The maximum absolute atomic E-state index is 13.6. The standard InChI is InChI=1S/C28H49N3O8SSi2/c1-14-15-29-20-18-40(34,35)39-28(20)21(17-36-41(10,11)26(3,4)5)37-24(22(28)38-42(12,13)27(6,7)8)31-16-19(2)23(32)30(9)25(31)33/h14,16,18,21-22,24,29H,1,15,17H2,2-13H3/t21-,22+,24-,28-/m1/s1. The van der Waals surface area contributed by atoms with Gasteiger partial charge < -0.3 is 18.9 Å². The fraction of sp³-hybridized carbons (Fsp3) is 0.714. The lowest BCUT2D eigenvalue weighted by Crippen LogP contribution is -2.60. The first-order chi connectivity index (χ1) is 18.9. The van der Waals surface area contributed by atoms with Gasteiger partial charge in [0, 0.05) is 25.4 Å². The second-order valence-corrected chi connectivity index (χ2v) is 25.3. The molecule has 0 radical (unpaired) electrons. The van der Waals surface area contributed by atoms with Crippen molar-refractivity contribution in [3.05, 3.63) is 56.4 Å². The van der Waals surface area contributed by atoms with Crippen molar-refractivity contribution in [1.82, 2.24) is 14.5 Å². The fourth-order valence-corrected chi connectivity index (χ4v) is 8.13. The van der Waals surface area contributed by atoms with Crippen LogP contribution in [0.2, 0.25) is 36.3 Å². The molecule has 11 nitrogen and oxygen atoms in total. The normalized spacial score (nSPS) is 26.5. The summed E-state index contributed by atoms with van der Waals surface area (Å²) in [5.41, 5.74) is -2.19. The molecule has 1 aromatic heterocycles. The number of hydrogen-bond acceptors (Lipinski definition) is 9. The topological polar surface area (TPSA) is 127 Å². The summed E-state index contributed by atoms with van der Waals surface area (Å²) >= 11 is 0. The van der Waals surface area contributed by atoms with Crippen LogP contribution in [0, 0.1) is 6.92 Å². The van der Waals surface area contributed by atoms with Crippen LogP contribution in [0.15, 0.2) is 39.5 Å². The van der Waals surface area contributed by atoms with Crippen molar-refractivity contribution in [2.24, 2.45) is 7.05 Å². The molecule has 0 saturated carbocycles. The molecule has 4 atom stereocenters. The van der Waals surface area contributed by atoms with Crippen molar-refractivity contribution < 1.29 is 26.2 Å². The Morgan fingerprint density at radius 2 is 1.67 bits per heavy atom. The molecule has 2 aliphatic rings. The van der Waals surface area contributed by atoms with Crippen molar-refractivity contribution in [2.75, 3.05) is 13.2 Å². The van der Waals surface area contributed by atoms with Crippen molar-refractivity contribution in [2.45, 2.75) is 109 Å². The molecule has 3 rings (SSSR count). The van der Waals surface area contributed by atoms with E-state index in [1.165, 1.54) is 17.8 Å². The van der Waals surface area contributed by atoms with Crippen LogP contribution in [0.1, 0.15) is 53.3 Å². The fourth-order valence-electron chi connectivity index (χ4n) is 4.56. The maximum atomic E-state index is 13.6. The van der Waals surface area contributed by atoms with Gasteiger partial charge in [-0.1, -0.05) is 47.6 Å². The number of hydrogen-bond donors (Lipinski definition) is 1. The SMILES string of the molecule is C=CCNC1=CS(=O)(=O)O[C@@]12[C@@H](CO[Si](C)(C)C(C)(C)C)O[C@@H](n1cc(C)c(=O)n(C)c1=O)[C@@H]2O[Si](C)(C)C(C)(C)C. The molecule has 0 aromatic carbocycles. The highest BCUT2D eigenvalue weighted by atomic mass is 32.2. The summed E-state index contributed by atoms with van der Waals surface area (Å²) < 4.78 is 55.0. The summed E-state index contributed by atoms with van der Waals surface area (Å²) in [7, 11) is -7.80. The maximum Gasteiger partial charge on any atom is 0.332 e. The Labute approximate surface area is 252 Å². The Balaban J connectivity index is 2.34. The molecule has 2 aliphatic heterocycles. The molecule has 42 heavy (non-hydrogen) atoms. The minimum Gasteiger partial charge on any atom is -0.414 e. The number of nitrogens with one attached hydrogen (secondary N) is 1. The van der Waals surface area contributed by atoms with E-state index in [9.17, 15) is 18.0 Å². The highest BCUT2D eigenvalue weighted by Gasteiger charge is 2.68. The zero-order valence-corrected chi connectivity index (χ0v) is 30.0. The lowest BCUT2D eigenvalue weighted by atomic mass is 9.89. The van der Waals surface area contributed by atoms with Crippen LogP contribution in [0.5, 0.6) is 0 Å². The number of aryl methyl sites for hydroxylation is 1. The van der Waals surface area contributed by atoms with E-state index in [4.69, 9.17) is 17.8 Å². The zero-order chi connectivity index (χ0) is 32.3. The number of ether oxygens (including phenoxy) is 1. The Kier molecular flexibility index (Phi) is 9.31. The first-order valence-electron chi connectivity index (χ1n) is 14.2. The van der Waals surface area contributed by atoms with Gasteiger partial charge in [-0.2, -0.15) is 8.42 Å². The van der Waals surface area contributed by atoms with Crippen molar-refractivity contribution in [3.8, 4) is 0 Å². The monoisotopic (exact) mass is 643 g/mol. The molecule has 0 aliphatic carbocycles. The van der Waals surface area contributed by atoms with E-state index in [-0.39, 0.29) is 28.9 Å². The Morgan fingerprint density at radius 1 is 1.10 bits per heavy atom. The molecule has 0 amide bonds. The lowest BCUT2D eigenvalue weighted by molar-refractivity contribution is -0.0572. The van der Waals surface area contributed by atoms with Gasteiger partial charge in [0.25, 0.3) is 15.7 Å². The van der Waals surface area contributed by atoms with Gasteiger partial charge in [-0.05, 0) is 43.2 Å². The molecule has 1 saturated heterocycles. The van der Waals surface area contributed by atoms with E-state index in [2.05, 4.69) is 66.5 Å². The van der Waals surface area contributed by atoms with Crippen molar-refractivity contribution in [1.29, 1.82) is 0 Å². The first kappa shape index (κ1) is 34.7. The molecule has 1 aromatic rings. The second-order valence-electron chi connectivity index (χ2n) is 14.3. The molecule has 3 heterocycles. The van der Waals surface area contributed by atoms with E-state index in [1.54, 1.807) is 13.0 Å². The van der Waals surface area contributed by atoms with Gasteiger partial charge in [0.15, 0.2) is 28.5 Å². The van der Waals surface area contributed by atoms with Crippen molar-refractivity contribution >= 4 is 26.8 Å². The summed E-state index contributed by atoms with van der Waals surface area (Å²) in [6.07, 6.45) is -0.171. The van der Waals surface area contributed by atoms with Crippen LogP contribution >= 0.6 is 0 Å². The largest absolute Gasteiger partial charge is 0.414 e. The van der Waals surface area contributed by atoms with Gasteiger partial charge in [0.1, 0.15) is 12.2 Å². The highest BCUT2D eigenvalue weighted by Crippen LogP contribution is 2.52. The van der Waals surface area contributed by atoms with Gasteiger partial charge >= 0.3 is 5.69 Å². The molecular formula is C28H49N3O8SSi2. The smallest absolute Gasteiger partial charge is 0.332 e. The van der Waals surface area contributed by atoms with Gasteiger partial charge in [-0.3, -0.25) is 13.9 Å². The predicted molar refractivity (Wildman–Crippen MR) is 169 cm³/mol. The molecule has 238 valence electrons. The summed E-state index contributed by atoms with van der Waals surface area (Å²) in [5.74, 6) is 0. The molecule has 1 spiro atoms. The number of aromatic nitrogens is 2. The minimum absolute atomic E-state index is 0.00746. The van der Waals surface area contributed by atoms with Crippen LogP contribution in [-0.2, 0) is 34.9 Å². The highest BCUT2D eigenvalue weighted by molar-refractivity contribution is 7.90. The van der Waals surface area contributed by atoms with E-state index < -0.39 is 62.0 Å². The van der Waals surface area contributed by atoms with Gasteiger partial charge in [0.05, 0.1) is 17.7 Å². The first-order valence-corrected chi connectivity index (χ1v) is 21.5. The third kappa shape index (κ3) is 6.21. The average Bonchev–Trinajstić information content (AvgIpc) is 3.28. The third-order valence-corrected chi connectivity index (χ3v) is 19.2. The van der Waals surface area contributed by atoms with Crippen LogP contribution in [0.4, 0.5) is 0 Å². The molecule has 0 unspecified atom stereocenters. The van der Waals surface area contributed by atoms with Crippen LogP contribution < -0.4 is 16.6 Å². The Hall–Kier alpha value is -1.82. The Morgan fingerprint density at radius 3 is 2.19 bits per heavy atom. The minimum atomic E-state index is -4.19. The summed E-state index contributed by atoms with van der Waals surface area (Å²) in [5, 5.41) is 3.79. The van der Waals surface area contributed by atoms with E-state index in [0.29, 0.717) is 5.56 Å². The predicted octanol–water partition coefficient (Wildman–Crippen LogP) is 3.88. The van der Waals surface area contributed by atoms with Crippen molar-refractivity contribution in [3.63, 3.8) is 0 Å². The third-order valence-electron chi connectivity index (χ3n) is 9.22. The van der Waals surface area contributed by atoms with E-state index in [1.807, 2.05) is 13.1 Å². The van der Waals surface area contributed by atoms with Crippen LogP contribution in [-0.4, -0.2) is 65.1 Å². The van der Waals surface area contributed by atoms with Gasteiger partial charge in [-0.15, -0.1) is 6.58 Å². The summed E-state index contributed by atoms with van der Waals surface area (Å²) in [6, 6.07) is 0. The second kappa shape index (κ2) is 11.3. The number of nitrogens with zero attached hydrogens (tertiary/aromatic N) is 2. The number of rotatable bonds is 9. The molecule has 1 fully saturated rings. The molecule has 0 bridgehead atoms. The van der Waals surface area contributed by atoms with Gasteiger partial charge in [0.2, 0.25) is 0 Å². The van der Waals surface area contributed by atoms with E-state index >= 15 is 0 Å². The van der Waals surface area contributed by atoms with Crippen LogP contribution in [0.3, 0.4) is 0 Å². The van der Waals surface area contributed by atoms with Gasteiger partial charge in [-0.25, -0.2) is 8.98 Å². The molecule has 1 N–H and O–H groups in total. The Bertz CT molecular complexity index is 1470. The zero-order valence-electron chi connectivity index (χ0n) is 27.2. The summed E-state index contributed by atoms with van der Waals surface area (Å²) in [6.45, 7) is 26.4. The van der Waals surface area contributed by atoms with Crippen LogP contribution in [0.25, 0.3) is 0 Å². The lowest BCUT2D eigenvalue weighted by Gasteiger charge is -2.44. The quantitative estimate of drug-likeness (QED) is 0.242. The van der Waals surface area contributed by atoms with E-state index in [0.717, 1.165) is 9.98 Å². The molecule has 14 heteroatoms.